The summed E-state index contributed by atoms with van der Waals surface area (Å²) < 4.78 is 18.3. The van der Waals surface area contributed by atoms with E-state index in [1.165, 1.54) is 19.2 Å². The van der Waals surface area contributed by atoms with E-state index in [0.717, 1.165) is 31.5 Å². The number of nitrogens with zero attached hydrogens (tertiary/aromatic N) is 1. The van der Waals surface area contributed by atoms with Gasteiger partial charge in [0.25, 0.3) is 5.91 Å². The molecule has 1 amide bonds. The number of ether oxygens (including phenoxy) is 1. The highest BCUT2D eigenvalue weighted by molar-refractivity contribution is 5.84. The molecule has 1 aromatic rings. The number of hydrogen-bond donors (Lipinski definition) is 1. The number of rotatable bonds is 6. The Morgan fingerprint density at radius 1 is 1.32 bits per heavy atom. The van der Waals surface area contributed by atoms with Gasteiger partial charge in [0.1, 0.15) is 11.4 Å². The zero-order valence-corrected chi connectivity index (χ0v) is 13.6. The first-order chi connectivity index (χ1) is 10.4. The van der Waals surface area contributed by atoms with Crippen LogP contribution in [-0.4, -0.2) is 43.2 Å². The van der Waals surface area contributed by atoms with E-state index in [2.05, 4.69) is 10.2 Å². The SMILES string of the molecule is COC(C)(C)C(=O)NC[C@H](c1ccc(F)cc1)N1CCCC1. The van der Waals surface area contributed by atoms with Crippen molar-refractivity contribution in [1.82, 2.24) is 10.2 Å². The minimum Gasteiger partial charge on any atom is -0.369 e. The number of carbonyl (C=O) groups excluding carboxylic acids is 1. The molecule has 4 nitrogen and oxygen atoms in total. The van der Waals surface area contributed by atoms with E-state index in [1.807, 2.05) is 0 Å². The number of benzene rings is 1. The van der Waals surface area contributed by atoms with Crippen molar-refractivity contribution in [3.8, 4) is 0 Å². The Hall–Kier alpha value is -1.46. The van der Waals surface area contributed by atoms with E-state index in [1.54, 1.807) is 26.0 Å². The molecule has 0 bridgehead atoms. The standard InChI is InChI=1S/C17H25FN2O2/c1-17(2,22-3)16(21)19-12-15(20-10-4-5-11-20)13-6-8-14(18)9-7-13/h6-9,15H,4-5,10-12H2,1-3H3,(H,19,21)/t15-/m1/s1. The van der Waals surface area contributed by atoms with Crippen LogP contribution in [0.2, 0.25) is 0 Å². The predicted octanol–water partition coefficient (Wildman–Crippen LogP) is 2.50. The van der Waals surface area contributed by atoms with Gasteiger partial charge in [0.2, 0.25) is 0 Å². The monoisotopic (exact) mass is 308 g/mol. The molecule has 22 heavy (non-hydrogen) atoms. The number of carbonyl (C=O) groups is 1. The number of halogens is 1. The van der Waals surface area contributed by atoms with Crippen molar-refractivity contribution < 1.29 is 13.9 Å². The second-order valence-electron chi connectivity index (χ2n) is 6.23. The molecule has 1 heterocycles. The molecule has 0 unspecified atom stereocenters. The molecule has 1 aromatic carbocycles. The maximum absolute atomic E-state index is 13.1. The zero-order chi connectivity index (χ0) is 16.2. The average molecular weight is 308 g/mol. The fourth-order valence-electron chi connectivity index (χ4n) is 2.69. The summed E-state index contributed by atoms with van der Waals surface area (Å²) in [4.78, 5) is 14.5. The number of likely N-dealkylation sites (tertiary alicyclic amines) is 1. The van der Waals surface area contributed by atoms with E-state index in [-0.39, 0.29) is 17.8 Å². The molecule has 1 atom stereocenters. The molecule has 0 radical (unpaired) electrons. The zero-order valence-electron chi connectivity index (χ0n) is 13.6. The smallest absolute Gasteiger partial charge is 0.251 e. The molecule has 2 rings (SSSR count). The Morgan fingerprint density at radius 2 is 1.91 bits per heavy atom. The van der Waals surface area contributed by atoms with E-state index in [9.17, 15) is 9.18 Å². The minimum absolute atomic E-state index is 0.0692. The van der Waals surface area contributed by atoms with Crippen LogP contribution >= 0.6 is 0 Å². The molecular weight excluding hydrogens is 283 g/mol. The van der Waals surface area contributed by atoms with Crippen LogP contribution in [0.3, 0.4) is 0 Å². The quantitative estimate of drug-likeness (QED) is 0.878. The summed E-state index contributed by atoms with van der Waals surface area (Å²) in [6.07, 6.45) is 2.32. The van der Waals surface area contributed by atoms with E-state index < -0.39 is 5.60 Å². The fraction of sp³-hybridized carbons (Fsp3) is 0.588. The predicted molar refractivity (Wildman–Crippen MR) is 84.0 cm³/mol. The molecule has 5 heteroatoms. The summed E-state index contributed by atoms with van der Waals surface area (Å²) in [5.41, 5.74) is 0.178. The van der Waals surface area contributed by atoms with Crippen LogP contribution in [0.25, 0.3) is 0 Å². The summed E-state index contributed by atoms with van der Waals surface area (Å²) in [6.45, 7) is 5.99. The third-order valence-corrected chi connectivity index (χ3v) is 4.35. The lowest BCUT2D eigenvalue weighted by atomic mass is 10.0. The Labute approximate surface area is 131 Å². The third kappa shape index (κ3) is 4.05. The van der Waals surface area contributed by atoms with Crippen LogP contribution in [0.1, 0.15) is 38.3 Å². The number of hydrogen-bond acceptors (Lipinski definition) is 3. The van der Waals surface area contributed by atoms with Crippen molar-refractivity contribution in [3.05, 3.63) is 35.6 Å². The third-order valence-electron chi connectivity index (χ3n) is 4.35. The molecule has 122 valence electrons. The van der Waals surface area contributed by atoms with Gasteiger partial charge in [0, 0.05) is 13.7 Å². The van der Waals surface area contributed by atoms with Crippen molar-refractivity contribution in [1.29, 1.82) is 0 Å². The van der Waals surface area contributed by atoms with E-state index >= 15 is 0 Å². The van der Waals surface area contributed by atoms with Gasteiger partial charge in [-0.05, 0) is 57.5 Å². The van der Waals surface area contributed by atoms with Gasteiger partial charge in [-0.25, -0.2) is 4.39 Å². The number of methoxy groups -OCH3 is 1. The van der Waals surface area contributed by atoms with Crippen LogP contribution in [0.5, 0.6) is 0 Å². The molecule has 0 spiro atoms. The molecule has 1 aliphatic heterocycles. The van der Waals surface area contributed by atoms with Crippen molar-refractivity contribution in [2.75, 3.05) is 26.7 Å². The first-order valence-corrected chi connectivity index (χ1v) is 7.77. The van der Waals surface area contributed by atoms with E-state index in [0.29, 0.717) is 6.54 Å². The van der Waals surface area contributed by atoms with Gasteiger partial charge in [-0.3, -0.25) is 9.69 Å². The number of nitrogens with one attached hydrogen (secondary N) is 1. The molecule has 1 saturated heterocycles. The normalized spacial score (nSPS) is 17.5. The Morgan fingerprint density at radius 3 is 2.45 bits per heavy atom. The number of amides is 1. The molecular formula is C17H25FN2O2. The highest BCUT2D eigenvalue weighted by Crippen LogP contribution is 2.25. The highest BCUT2D eigenvalue weighted by Gasteiger charge is 2.29. The molecule has 1 N–H and O–H groups in total. The molecule has 0 saturated carbocycles. The van der Waals surface area contributed by atoms with Gasteiger partial charge in [0.15, 0.2) is 0 Å². The molecule has 1 aliphatic rings. The lowest BCUT2D eigenvalue weighted by molar-refractivity contribution is -0.139. The second kappa shape index (κ2) is 7.20. The lowest BCUT2D eigenvalue weighted by Gasteiger charge is -2.30. The summed E-state index contributed by atoms with van der Waals surface area (Å²) in [5, 5.41) is 2.96. The van der Waals surface area contributed by atoms with Crippen LogP contribution in [0.15, 0.2) is 24.3 Å². The summed E-state index contributed by atoms with van der Waals surface area (Å²) in [5.74, 6) is -0.380. The molecule has 1 fully saturated rings. The van der Waals surface area contributed by atoms with Gasteiger partial charge in [-0.15, -0.1) is 0 Å². The fourth-order valence-corrected chi connectivity index (χ4v) is 2.69. The Bertz CT molecular complexity index is 496. The van der Waals surface area contributed by atoms with Crippen molar-refractivity contribution in [2.45, 2.75) is 38.3 Å². The van der Waals surface area contributed by atoms with Gasteiger partial charge in [0.05, 0.1) is 6.04 Å². The van der Waals surface area contributed by atoms with E-state index in [4.69, 9.17) is 4.74 Å². The van der Waals surface area contributed by atoms with Crippen LogP contribution in [-0.2, 0) is 9.53 Å². The Balaban J connectivity index is 2.08. The first-order valence-electron chi connectivity index (χ1n) is 7.77. The van der Waals surface area contributed by atoms with Gasteiger partial charge >= 0.3 is 0 Å². The largest absolute Gasteiger partial charge is 0.369 e. The van der Waals surface area contributed by atoms with Gasteiger partial charge in [-0.2, -0.15) is 0 Å². The average Bonchev–Trinajstić information content (AvgIpc) is 3.03. The highest BCUT2D eigenvalue weighted by atomic mass is 19.1. The summed E-state index contributed by atoms with van der Waals surface area (Å²) in [7, 11) is 1.53. The maximum Gasteiger partial charge on any atom is 0.251 e. The van der Waals surface area contributed by atoms with Gasteiger partial charge < -0.3 is 10.1 Å². The van der Waals surface area contributed by atoms with Crippen molar-refractivity contribution in [2.24, 2.45) is 0 Å². The van der Waals surface area contributed by atoms with Crippen LogP contribution in [0.4, 0.5) is 4.39 Å². The molecule has 0 aliphatic carbocycles. The van der Waals surface area contributed by atoms with Crippen LogP contribution < -0.4 is 5.32 Å². The van der Waals surface area contributed by atoms with Crippen molar-refractivity contribution in [3.63, 3.8) is 0 Å². The minimum atomic E-state index is -0.849. The van der Waals surface area contributed by atoms with Gasteiger partial charge in [-0.1, -0.05) is 12.1 Å². The summed E-state index contributed by atoms with van der Waals surface area (Å²) >= 11 is 0. The first kappa shape index (κ1) is 16.9. The Kier molecular flexibility index (Phi) is 5.53. The maximum atomic E-state index is 13.1. The summed E-state index contributed by atoms with van der Waals surface area (Å²) in [6, 6.07) is 6.61. The lowest BCUT2D eigenvalue weighted by Crippen LogP contribution is -2.46. The van der Waals surface area contributed by atoms with Crippen LogP contribution in [0, 0.1) is 5.82 Å². The second-order valence-corrected chi connectivity index (χ2v) is 6.23. The van der Waals surface area contributed by atoms with Crippen molar-refractivity contribution >= 4 is 5.91 Å². The topological polar surface area (TPSA) is 41.6 Å². The molecule has 0 aromatic heterocycles.